The third kappa shape index (κ3) is 7.14. The lowest BCUT2D eigenvalue weighted by molar-refractivity contribution is 0.0951. The number of carbonyl (C=O) groups is 1. The van der Waals surface area contributed by atoms with Gasteiger partial charge >= 0.3 is 0 Å². The van der Waals surface area contributed by atoms with E-state index in [2.05, 4.69) is 24.1 Å². The SMILES string of the molecule is CCN(CC)CCCNC(=O)c1ccc(SOC)c(SOC)c1. The maximum atomic E-state index is 12.2. The average molecular weight is 359 g/mol. The number of rotatable bonds is 11. The van der Waals surface area contributed by atoms with Crippen molar-refractivity contribution in [3.8, 4) is 0 Å². The number of nitrogens with zero attached hydrogens (tertiary/aromatic N) is 1. The largest absolute Gasteiger partial charge is 0.352 e. The van der Waals surface area contributed by atoms with Gasteiger partial charge in [-0.3, -0.25) is 4.79 Å². The fourth-order valence-electron chi connectivity index (χ4n) is 2.11. The molecule has 0 aliphatic rings. The summed E-state index contributed by atoms with van der Waals surface area (Å²) in [6.45, 7) is 8.06. The minimum absolute atomic E-state index is 0.0588. The molecule has 1 aromatic rings. The molecule has 0 heterocycles. The molecule has 0 saturated heterocycles. The lowest BCUT2D eigenvalue weighted by atomic mass is 10.2. The van der Waals surface area contributed by atoms with Crippen molar-refractivity contribution in [2.75, 3.05) is 40.4 Å². The van der Waals surface area contributed by atoms with Crippen molar-refractivity contribution < 1.29 is 13.2 Å². The lowest BCUT2D eigenvalue weighted by Gasteiger charge is -2.17. The molecule has 1 amide bonds. The normalized spacial score (nSPS) is 11.0. The lowest BCUT2D eigenvalue weighted by Crippen LogP contribution is -2.29. The van der Waals surface area contributed by atoms with E-state index in [1.54, 1.807) is 20.3 Å². The van der Waals surface area contributed by atoms with E-state index in [4.69, 9.17) is 8.37 Å². The molecule has 7 heteroatoms. The van der Waals surface area contributed by atoms with Crippen LogP contribution in [0.4, 0.5) is 0 Å². The average Bonchev–Trinajstić information content (AvgIpc) is 2.57. The van der Waals surface area contributed by atoms with Crippen LogP contribution in [0.15, 0.2) is 28.0 Å². The van der Waals surface area contributed by atoms with Gasteiger partial charge in [0.05, 0.1) is 24.0 Å². The Bertz CT molecular complexity index is 482. The third-order valence-corrected chi connectivity index (χ3v) is 4.90. The Labute approximate surface area is 147 Å². The van der Waals surface area contributed by atoms with Crippen LogP contribution in [0.5, 0.6) is 0 Å². The van der Waals surface area contributed by atoms with Gasteiger partial charge in [0.15, 0.2) is 0 Å². The third-order valence-electron chi connectivity index (χ3n) is 3.38. The summed E-state index contributed by atoms with van der Waals surface area (Å²) in [7, 11) is 3.22. The minimum Gasteiger partial charge on any atom is -0.352 e. The molecule has 0 bridgehead atoms. The zero-order chi connectivity index (χ0) is 17.1. The number of nitrogens with one attached hydrogen (secondary N) is 1. The molecule has 5 nitrogen and oxygen atoms in total. The van der Waals surface area contributed by atoms with Gasteiger partial charge in [-0.05, 0) is 44.3 Å². The summed E-state index contributed by atoms with van der Waals surface area (Å²) in [4.78, 5) is 16.4. The highest BCUT2D eigenvalue weighted by Gasteiger charge is 2.11. The van der Waals surface area contributed by atoms with Gasteiger partial charge in [-0.15, -0.1) is 0 Å². The van der Waals surface area contributed by atoms with Crippen LogP contribution in [0.2, 0.25) is 0 Å². The van der Waals surface area contributed by atoms with Gasteiger partial charge < -0.3 is 18.6 Å². The predicted octanol–water partition coefficient (Wildman–Crippen LogP) is 3.46. The summed E-state index contributed by atoms with van der Waals surface area (Å²) < 4.78 is 10.2. The van der Waals surface area contributed by atoms with E-state index in [-0.39, 0.29) is 5.91 Å². The van der Waals surface area contributed by atoms with Gasteiger partial charge in [0.1, 0.15) is 0 Å². The molecule has 0 aromatic heterocycles. The van der Waals surface area contributed by atoms with Crippen LogP contribution in [0, 0.1) is 0 Å². The molecule has 0 radical (unpaired) electrons. The molecule has 0 spiro atoms. The Morgan fingerprint density at radius 2 is 1.78 bits per heavy atom. The van der Waals surface area contributed by atoms with Gasteiger partial charge in [0, 0.05) is 36.2 Å². The van der Waals surface area contributed by atoms with Gasteiger partial charge in [-0.25, -0.2) is 0 Å². The Balaban J connectivity index is 2.57. The molecule has 0 saturated carbocycles. The molecule has 0 aliphatic heterocycles. The first-order valence-electron chi connectivity index (χ1n) is 7.72. The first-order chi connectivity index (χ1) is 11.2. The van der Waals surface area contributed by atoms with Crippen molar-refractivity contribution in [3.05, 3.63) is 23.8 Å². The summed E-state index contributed by atoms with van der Waals surface area (Å²) in [6.07, 6.45) is 0.949. The summed E-state index contributed by atoms with van der Waals surface area (Å²) in [6, 6.07) is 5.51. The second-order valence-corrected chi connectivity index (χ2v) is 6.68. The molecule has 1 N–H and O–H groups in total. The van der Waals surface area contributed by atoms with E-state index >= 15 is 0 Å². The van der Waals surface area contributed by atoms with E-state index in [1.807, 2.05) is 12.1 Å². The zero-order valence-electron chi connectivity index (χ0n) is 14.3. The predicted molar refractivity (Wildman–Crippen MR) is 96.9 cm³/mol. The highest BCUT2D eigenvalue weighted by molar-refractivity contribution is 7.97. The topological polar surface area (TPSA) is 50.8 Å². The Hall–Kier alpha value is -0.730. The maximum Gasteiger partial charge on any atom is 0.251 e. The number of benzene rings is 1. The molecule has 130 valence electrons. The molecule has 0 aliphatic carbocycles. The van der Waals surface area contributed by atoms with E-state index in [9.17, 15) is 4.79 Å². The number of carbonyl (C=O) groups excluding carboxylic acids is 1. The number of hydrogen-bond donors (Lipinski definition) is 1. The van der Waals surface area contributed by atoms with E-state index in [0.29, 0.717) is 12.1 Å². The monoisotopic (exact) mass is 358 g/mol. The Kier molecular flexibility index (Phi) is 10.4. The fourth-order valence-corrected chi connectivity index (χ4v) is 3.26. The van der Waals surface area contributed by atoms with Crippen LogP contribution in [0.1, 0.15) is 30.6 Å². The number of hydrogen-bond acceptors (Lipinski definition) is 6. The first-order valence-corrected chi connectivity index (χ1v) is 9.20. The molecule has 0 fully saturated rings. The number of amides is 1. The molecule has 1 aromatic carbocycles. The fraction of sp³-hybridized carbons (Fsp3) is 0.562. The molecular weight excluding hydrogens is 332 g/mol. The highest BCUT2D eigenvalue weighted by atomic mass is 32.2. The van der Waals surface area contributed by atoms with Crippen molar-refractivity contribution in [1.29, 1.82) is 0 Å². The Morgan fingerprint density at radius 1 is 1.13 bits per heavy atom. The van der Waals surface area contributed by atoms with Crippen molar-refractivity contribution in [2.24, 2.45) is 0 Å². The summed E-state index contributed by atoms with van der Waals surface area (Å²) >= 11 is 2.48. The van der Waals surface area contributed by atoms with Crippen molar-refractivity contribution in [3.63, 3.8) is 0 Å². The molecule has 0 atom stereocenters. The van der Waals surface area contributed by atoms with Crippen LogP contribution in [-0.2, 0) is 8.37 Å². The van der Waals surface area contributed by atoms with Crippen LogP contribution in [0.25, 0.3) is 0 Å². The van der Waals surface area contributed by atoms with Crippen LogP contribution >= 0.6 is 24.1 Å². The summed E-state index contributed by atoms with van der Waals surface area (Å²) in [5, 5.41) is 2.97. The second kappa shape index (κ2) is 11.8. The van der Waals surface area contributed by atoms with Crippen LogP contribution < -0.4 is 5.32 Å². The quantitative estimate of drug-likeness (QED) is 0.483. The maximum absolute atomic E-state index is 12.2. The highest BCUT2D eigenvalue weighted by Crippen LogP contribution is 2.32. The molecule has 23 heavy (non-hydrogen) atoms. The standard InChI is InChI=1S/C16H26N2O3S2/c1-5-18(6-2)11-7-10-17-16(19)13-8-9-14(22-20-3)15(12-13)23-21-4/h8-9,12H,5-7,10-11H2,1-4H3,(H,17,19). The van der Waals surface area contributed by atoms with Gasteiger partial charge in [0.2, 0.25) is 0 Å². The van der Waals surface area contributed by atoms with Gasteiger partial charge in [-0.2, -0.15) is 0 Å². The molecule has 0 unspecified atom stereocenters. The van der Waals surface area contributed by atoms with Crippen molar-refractivity contribution in [1.82, 2.24) is 10.2 Å². The second-order valence-electron chi connectivity index (χ2n) is 4.80. The molecular formula is C16H26N2O3S2. The van der Waals surface area contributed by atoms with Crippen LogP contribution in [-0.4, -0.2) is 51.2 Å². The van der Waals surface area contributed by atoms with E-state index in [0.717, 1.165) is 35.8 Å². The van der Waals surface area contributed by atoms with Crippen molar-refractivity contribution >= 4 is 30.0 Å². The molecule has 1 rings (SSSR count). The van der Waals surface area contributed by atoms with Gasteiger partial charge in [-0.1, -0.05) is 13.8 Å². The first kappa shape index (κ1) is 20.3. The Morgan fingerprint density at radius 3 is 2.39 bits per heavy atom. The zero-order valence-corrected chi connectivity index (χ0v) is 15.9. The van der Waals surface area contributed by atoms with Crippen molar-refractivity contribution in [2.45, 2.75) is 30.1 Å². The van der Waals surface area contributed by atoms with E-state index in [1.165, 1.54) is 24.1 Å². The smallest absolute Gasteiger partial charge is 0.251 e. The summed E-state index contributed by atoms with van der Waals surface area (Å²) in [5.74, 6) is -0.0588. The van der Waals surface area contributed by atoms with Gasteiger partial charge in [0.25, 0.3) is 5.91 Å². The summed E-state index contributed by atoms with van der Waals surface area (Å²) in [5.41, 5.74) is 0.632. The minimum atomic E-state index is -0.0588. The van der Waals surface area contributed by atoms with Crippen LogP contribution in [0.3, 0.4) is 0 Å². The van der Waals surface area contributed by atoms with E-state index < -0.39 is 0 Å².